The monoisotopic (exact) mass is 262 g/mol. The Morgan fingerprint density at radius 3 is 2.41 bits per heavy atom. The molecule has 1 aromatic rings. The summed E-state index contributed by atoms with van der Waals surface area (Å²) in [6.45, 7) is -0.217. The Hall–Kier alpha value is -1.18. The average Bonchev–Trinajstić information content (AvgIpc) is 2.28. The molecule has 17 heavy (non-hydrogen) atoms. The molecular formula is C10H15FN2O3S. The van der Waals surface area contributed by atoms with Gasteiger partial charge >= 0.3 is 0 Å². The van der Waals surface area contributed by atoms with Gasteiger partial charge in [0.15, 0.2) is 11.6 Å². The van der Waals surface area contributed by atoms with E-state index in [1.807, 2.05) is 0 Å². The van der Waals surface area contributed by atoms with Crippen molar-refractivity contribution < 1.29 is 17.5 Å². The van der Waals surface area contributed by atoms with Gasteiger partial charge in [0.25, 0.3) is 0 Å². The van der Waals surface area contributed by atoms with Gasteiger partial charge in [-0.2, -0.15) is 0 Å². The van der Waals surface area contributed by atoms with Crippen molar-refractivity contribution in [3.63, 3.8) is 0 Å². The molecule has 7 heteroatoms. The van der Waals surface area contributed by atoms with Gasteiger partial charge < -0.3 is 10.5 Å². The van der Waals surface area contributed by atoms with Crippen LogP contribution in [0.5, 0.6) is 5.75 Å². The minimum atomic E-state index is -3.71. The van der Waals surface area contributed by atoms with Gasteiger partial charge in [0.05, 0.1) is 12.0 Å². The van der Waals surface area contributed by atoms with Crippen molar-refractivity contribution in [1.82, 2.24) is 4.31 Å². The van der Waals surface area contributed by atoms with Crippen molar-refractivity contribution in [1.29, 1.82) is 0 Å². The fraction of sp³-hybridized carbons (Fsp3) is 0.400. The largest absolute Gasteiger partial charge is 0.494 e. The van der Waals surface area contributed by atoms with Crippen molar-refractivity contribution in [2.24, 2.45) is 5.73 Å². The molecule has 0 aliphatic carbocycles. The summed E-state index contributed by atoms with van der Waals surface area (Å²) in [5, 5.41) is 0. The average molecular weight is 262 g/mol. The molecule has 96 valence electrons. The van der Waals surface area contributed by atoms with Gasteiger partial charge in [-0.3, -0.25) is 0 Å². The van der Waals surface area contributed by atoms with Gasteiger partial charge in [-0.1, -0.05) is 0 Å². The fourth-order valence-electron chi connectivity index (χ4n) is 1.37. The lowest BCUT2D eigenvalue weighted by Crippen LogP contribution is -2.24. The smallest absolute Gasteiger partial charge is 0.242 e. The van der Waals surface area contributed by atoms with Gasteiger partial charge in [-0.25, -0.2) is 17.1 Å². The molecular weight excluding hydrogens is 247 g/mol. The molecule has 0 saturated heterocycles. The first-order valence-electron chi connectivity index (χ1n) is 4.84. The maximum atomic E-state index is 13.8. The predicted molar refractivity (Wildman–Crippen MR) is 61.7 cm³/mol. The van der Waals surface area contributed by atoms with E-state index in [1.165, 1.54) is 33.3 Å². The highest BCUT2D eigenvalue weighted by Crippen LogP contribution is 2.27. The van der Waals surface area contributed by atoms with Crippen LogP contribution in [0.25, 0.3) is 0 Å². The van der Waals surface area contributed by atoms with Crippen molar-refractivity contribution in [2.45, 2.75) is 11.4 Å². The number of hydrogen-bond acceptors (Lipinski definition) is 4. The first-order chi connectivity index (χ1) is 7.86. The van der Waals surface area contributed by atoms with Crippen molar-refractivity contribution >= 4 is 10.0 Å². The summed E-state index contributed by atoms with van der Waals surface area (Å²) in [5.41, 5.74) is 5.32. The highest BCUT2D eigenvalue weighted by Gasteiger charge is 2.24. The van der Waals surface area contributed by atoms with Crippen molar-refractivity contribution in [3.05, 3.63) is 23.5 Å². The molecule has 0 fully saturated rings. The summed E-state index contributed by atoms with van der Waals surface area (Å²) in [5.74, 6) is -0.763. The maximum Gasteiger partial charge on any atom is 0.242 e. The molecule has 0 unspecified atom stereocenters. The van der Waals surface area contributed by atoms with Crippen LogP contribution in [-0.4, -0.2) is 33.9 Å². The molecule has 0 spiro atoms. The second kappa shape index (κ2) is 4.99. The molecule has 1 rings (SSSR count). The van der Waals surface area contributed by atoms with E-state index in [0.29, 0.717) is 0 Å². The normalized spacial score (nSPS) is 11.9. The number of benzene rings is 1. The number of nitrogens with zero attached hydrogens (tertiary/aromatic N) is 1. The van der Waals surface area contributed by atoms with E-state index >= 15 is 0 Å². The van der Waals surface area contributed by atoms with Gasteiger partial charge in [0.2, 0.25) is 10.0 Å². The molecule has 0 aliphatic rings. The van der Waals surface area contributed by atoms with Crippen molar-refractivity contribution in [2.75, 3.05) is 21.2 Å². The third-order valence-electron chi connectivity index (χ3n) is 2.35. The third-order valence-corrected chi connectivity index (χ3v) is 4.25. The zero-order valence-electron chi connectivity index (χ0n) is 9.90. The topological polar surface area (TPSA) is 72.6 Å². The van der Waals surface area contributed by atoms with Gasteiger partial charge in [-0.15, -0.1) is 0 Å². The van der Waals surface area contributed by atoms with Gasteiger partial charge in [-0.05, 0) is 12.1 Å². The quantitative estimate of drug-likeness (QED) is 0.859. The van der Waals surface area contributed by atoms with Crippen LogP contribution in [0.15, 0.2) is 17.0 Å². The molecule has 0 saturated carbocycles. The van der Waals surface area contributed by atoms with E-state index in [4.69, 9.17) is 10.5 Å². The second-order valence-corrected chi connectivity index (χ2v) is 5.67. The lowest BCUT2D eigenvalue weighted by atomic mass is 10.2. The van der Waals surface area contributed by atoms with Crippen LogP contribution in [-0.2, 0) is 16.6 Å². The van der Waals surface area contributed by atoms with E-state index in [-0.39, 0.29) is 22.8 Å². The lowest BCUT2D eigenvalue weighted by molar-refractivity contribution is 0.382. The Kier molecular flexibility index (Phi) is 4.07. The molecule has 0 aromatic heterocycles. The molecule has 0 aliphatic heterocycles. The standard InChI is InChI=1S/C10H15FN2O3S/c1-13(2)17(14,15)9-5-4-8(16-3)10(11)7(9)6-12/h4-5H,6,12H2,1-3H3. The SMILES string of the molecule is COc1ccc(S(=O)(=O)N(C)C)c(CN)c1F. The Bertz CT molecular complexity index is 515. The number of halogens is 1. The number of methoxy groups -OCH3 is 1. The van der Waals surface area contributed by atoms with E-state index < -0.39 is 15.8 Å². The summed E-state index contributed by atoms with van der Waals surface area (Å²) < 4.78 is 43.5. The van der Waals surface area contributed by atoms with Crippen LogP contribution in [0.2, 0.25) is 0 Å². The molecule has 0 amide bonds. The molecule has 0 bridgehead atoms. The summed E-state index contributed by atoms with van der Waals surface area (Å²) in [6.07, 6.45) is 0. The number of rotatable bonds is 4. The summed E-state index contributed by atoms with van der Waals surface area (Å²) >= 11 is 0. The first-order valence-corrected chi connectivity index (χ1v) is 6.28. The van der Waals surface area contributed by atoms with Crippen LogP contribution in [0.1, 0.15) is 5.56 Å². The molecule has 0 atom stereocenters. The molecule has 5 nitrogen and oxygen atoms in total. The van der Waals surface area contributed by atoms with Crippen LogP contribution < -0.4 is 10.5 Å². The third kappa shape index (κ3) is 2.41. The van der Waals surface area contributed by atoms with Crippen LogP contribution in [0.3, 0.4) is 0 Å². The lowest BCUT2D eigenvalue weighted by Gasteiger charge is -2.16. The molecule has 1 aromatic carbocycles. The number of nitrogens with two attached hydrogens (primary N) is 1. The van der Waals surface area contributed by atoms with Crippen LogP contribution in [0, 0.1) is 5.82 Å². The van der Waals surface area contributed by atoms with Gasteiger partial charge in [0, 0.05) is 26.2 Å². The Balaban J connectivity index is 3.52. The fourth-order valence-corrected chi connectivity index (χ4v) is 2.49. The highest BCUT2D eigenvalue weighted by atomic mass is 32.2. The van der Waals surface area contributed by atoms with Crippen molar-refractivity contribution in [3.8, 4) is 5.75 Å². The number of ether oxygens (including phenoxy) is 1. The van der Waals surface area contributed by atoms with E-state index in [0.717, 1.165) is 4.31 Å². The molecule has 2 N–H and O–H groups in total. The minimum absolute atomic E-state index is 0.0249. The first kappa shape index (κ1) is 13.9. The zero-order chi connectivity index (χ0) is 13.2. The predicted octanol–water partition coefficient (Wildman–Crippen LogP) is 0.543. The van der Waals surface area contributed by atoms with Crippen LogP contribution >= 0.6 is 0 Å². The summed E-state index contributed by atoms with van der Waals surface area (Å²) in [6, 6.07) is 2.56. The summed E-state index contributed by atoms with van der Waals surface area (Å²) in [4.78, 5) is -0.136. The van der Waals surface area contributed by atoms with Crippen LogP contribution in [0.4, 0.5) is 4.39 Å². The van der Waals surface area contributed by atoms with E-state index in [2.05, 4.69) is 0 Å². The zero-order valence-corrected chi connectivity index (χ0v) is 10.7. The number of sulfonamides is 1. The second-order valence-electron chi connectivity index (χ2n) is 3.55. The highest BCUT2D eigenvalue weighted by molar-refractivity contribution is 7.89. The number of hydrogen-bond donors (Lipinski definition) is 1. The maximum absolute atomic E-state index is 13.8. The molecule has 0 radical (unpaired) electrons. The van der Waals surface area contributed by atoms with E-state index in [1.54, 1.807) is 0 Å². The molecule has 0 heterocycles. The Morgan fingerprint density at radius 2 is 2.00 bits per heavy atom. The summed E-state index contributed by atoms with van der Waals surface area (Å²) in [7, 11) is 0.341. The minimum Gasteiger partial charge on any atom is -0.494 e. The Labute approximate surface area is 100 Å². The van der Waals surface area contributed by atoms with E-state index in [9.17, 15) is 12.8 Å². The van der Waals surface area contributed by atoms with Gasteiger partial charge in [0.1, 0.15) is 0 Å². The Morgan fingerprint density at radius 1 is 1.41 bits per heavy atom.